The quantitative estimate of drug-likeness (QED) is 0.629. The molecule has 152 valence electrons. The van der Waals surface area contributed by atoms with Crippen LogP contribution in [0, 0.1) is 12.8 Å². The van der Waals surface area contributed by atoms with Crippen molar-refractivity contribution in [2.45, 2.75) is 45.1 Å². The first-order valence-corrected chi connectivity index (χ1v) is 10.4. The number of hydrogen-bond acceptors (Lipinski definition) is 3. The highest BCUT2D eigenvalue weighted by atomic mass is 35.5. The van der Waals surface area contributed by atoms with Crippen molar-refractivity contribution < 1.29 is 14.6 Å². The third kappa shape index (κ3) is 4.10. The Morgan fingerprint density at radius 1 is 1.24 bits per heavy atom. The summed E-state index contributed by atoms with van der Waals surface area (Å²) in [6.07, 6.45) is 3.47. The zero-order valence-electron chi connectivity index (χ0n) is 16.7. The van der Waals surface area contributed by atoms with Crippen LogP contribution >= 0.6 is 11.6 Å². The number of aryl methyl sites for hydroxylation is 2. The van der Waals surface area contributed by atoms with Gasteiger partial charge in [0.15, 0.2) is 0 Å². The van der Waals surface area contributed by atoms with E-state index in [0.717, 1.165) is 36.1 Å². The Balaban J connectivity index is 1.55. The molecular weight excluding hydrogens is 388 g/mol. The van der Waals surface area contributed by atoms with Gasteiger partial charge in [0.2, 0.25) is 0 Å². The number of carboxylic acid groups (broad SMARTS) is 1. The third-order valence-electron chi connectivity index (χ3n) is 5.81. The number of ether oxygens (including phenoxy) is 1. The molecule has 0 aliphatic heterocycles. The highest BCUT2D eigenvalue weighted by molar-refractivity contribution is 6.36. The number of halogens is 1. The first-order chi connectivity index (χ1) is 13.9. The fourth-order valence-electron chi connectivity index (χ4n) is 4.12. The van der Waals surface area contributed by atoms with E-state index in [1.54, 1.807) is 0 Å². The molecule has 0 saturated heterocycles. The van der Waals surface area contributed by atoms with E-state index in [1.807, 2.05) is 19.2 Å². The zero-order valence-corrected chi connectivity index (χ0v) is 17.4. The molecule has 3 aromatic rings. The monoisotopic (exact) mass is 412 g/mol. The Bertz CT molecular complexity index is 1050. The van der Waals surface area contributed by atoms with Gasteiger partial charge in [-0.3, -0.25) is 4.79 Å². The van der Waals surface area contributed by atoms with Crippen LogP contribution < -0.4 is 4.74 Å². The van der Waals surface area contributed by atoms with Gasteiger partial charge in [-0.25, -0.2) is 4.98 Å². The Labute approximate surface area is 175 Å². The van der Waals surface area contributed by atoms with E-state index in [9.17, 15) is 4.79 Å². The van der Waals surface area contributed by atoms with Crippen molar-refractivity contribution in [3.63, 3.8) is 0 Å². The molecule has 1 aliphatic carbocycles. The minimum atomic E-state index is -0.711. The number of nitrogens with zero attached hydrogens (tertiary/aromatic N) is 2. The SMILES string of the molecule is Cc1cccc(Cc2nc3c(Cl)c(OC4CCC(C(=O)O)CC4)ccc3n2C)c1. The normalized spacial score (nSPS) is 19.4. The molecule has 6 heteroatoms. The van der Waals surface area contributed by atoms with E-state index in [2.05, 4.69) is 35.8 Å². The number of imidazole rings is 1. The summed E-state index contributed by atoms with van der Waals surface area (Å²) in [7, 11) is 2.00. The lowest BCUT2D eigenvalue weighted by Crippen LogP contribution is -2.27. The van der Waals surface area contributed by atoms with Gasteiger partial charge >= 0.3 is 5.97 Å². The van der Waals surface area contributed by atoms with Crippen molar-refractivity contribution in [3.05, 3.63) is 58.4 Å². The molecule has 0 atom stereocenters. The zero-order chi connectivity index (χ0) is 20.5. The molecular formula is C23H25ClN2O3. The number of hydrogen-bond donors (Lipinski definition) is 1. The highest BCUT2D eigenvalue weighted by Crippen LogP contribution is 2.36. The second kappa shape index (κ2) is 8.07. The van der Waals surface area contributed by atoms with Gasteiger partial charge in [0.25, 0.3) is 0 Å². The van der Waals surface area contributed by atoms with Crippen LogP contribution in [-0.2, 0) is 18.3 Å². The van der Waals surface area contributed by atoms with Crippen LogP contribution in [0.5, 0.6) is 5.75 Å². The highest BCUT2D eigenvalue weighted by Gasteiger charge is 2.27. The molecule has 1 heterocycles. The first kappa shape index (κ1) is 19.8. The van der Waals surface area contributed by atoms with Crippen LogP contribution in [0.25, 0.3) is 11.0 Å². The summed E-state index contributed by atoms with van der Waals surface area (Å²) < 4.78 is 8.21. The molecule has 5 nitrogen and oxygen atoms in total. The largest absolute Gasteiger partial charge is 0.489 e. The van der Waals surface area contributed by atoms with Crippen LogP contribution in [0.3, 0.4) is 0 Å². The van der Waals surface area contributed by atoms with Crippen molar-refractivity contribution in [1.29, 1.82) is 0 Å². The molecule has 0 spiro atoms. The van der Waals surface area contributed by atoms with Gasteiger partial charge in [-0.1, -0.05) is 41.4 Å². The van der Waals surface area contributed by atoms with Gasteiger partial charge in [0.1, 0.15) is 22.1 Å². The van der Waals surface area contributed by atoms with Crippen LogP contribution in [0.4, 0.5) is 0 Å². The number of aliphatic carboxylic acids is 1. The van der Waals surface area contributed by atoms with Gasteiger partial charge in [-0.05, 0) is 50.3 Å². The average Bonchev–Trinajstić information content (AvgIpc) is 3.01. The topological polar surface area (TPSA) is 64.3 Å². The predicted molar refractivity (Wildman–Crippen MR) is 114 cm³/mol. The first-order valence-electron chi connectivity index (χ1n) is 10.0. The smallest absolute Gasteiger partial charge is 0.306 e. The van der Waals surface area contributed by atoms with E-state index < -0.39 is 5.97 Å². The van der Waals surface area contributed by atoms with Crippen LogP contribution in [0.15, 0.2) is 36.4 Å². The number of benzene rings is 2. The molecule has 2 aromatic carbocycles. The van der Waals surface area contributed by atoms with Gasteiger partial charge in [-0.15, -0.1) is 0 Å². The average molecular weight is 413 g/mol. The summed E-state index contributed by atoms with van der Waals surface area (Å²) in [4.78, 5) is 15.9. The van der Waals surface area contributed by atoms with Gasteiger partial charge in [0, 0.05) is 13.5 Å². The molecule has 1 aromatic heterocycles. The van der Waals surface area contributed by atoms with Crippen LogP contribution in [0.1, 0.15) is 42.6 Å². The van der Waals surface area contributed by atoms with E-state index in [0.29, 0.717) is 23.6 Å². The molecule has 1 saturated carbocycles. The molecule has 0 amide bonds. The second-order valence-corrected chi connectivity index (χ2v) is 8.31. The maximum Gasteiger partial charge on any atom is 0.306 e. The number of aromatic nitrogens is 2. The molecule has 0 radical (unpaired) electrons. The molecule has 29 heavy (non-hydrogen) atoms. The molecule has 0 bridgehead atoms. The van der Waals surface area contributed by atoms with E-state index in [-0.39, 0.29) is 12.0 Å². The molecule has 1 aliphatic rings. The Hall–Kier alpha value is -2.53. The number of carbonyl (C=O) groups is 1. The van der Waals surface area contributed by atoms with E-state index in [1.165, 1.54) is 11.1 Å². The van der Waals surface area contributed by atoms with Crippen molar-refractivity contribution in [3.8, 4) is 5.75 Å². The van der Waals surface area contributed by atoms with E-state index >= 15 is 0 Å². The molecule has 4 rings (SSSR count). The lowest BCUT2D eigenvalue weighted by molar-refractivity contribution is -0.143. The van der Waals surface area contributed by atoms with Crippen LogP contribution in [0.2, 0.25) is 5.02 Å². The Kier molecular flexibility index (Phi) is 5.50. The summed E-state index contributed by atoms with van der Waals surface area (Å²) in [6, 6.07) is 12.3. The van der Waals surface area contributed by atoms with Gasteiger partial charge in [-0.2, -0.15) is 0 Å². The van der Waals surface area contributed by atoms with Crippen molar-refractivity contribution >= 4 is 28.6 Å². The van der Waals surface area contributed by atoms with Crippen molar-refractivity contribution in [2.75, 3.05) is 0 Å². The third-order valence-corrected chi connectivity index (χ3v) is 6.18. The lowest BCUT2D eigenvalue weighted by atomic mass is 9.87. The summed E-state index contributed by atoms with van der Waals surface area (Å²) >= 11 is 6.66. The van der Waals surface area contributed by atoms with E-state index in [4.69, 9.17) is 26.4 Å². The van der Waals surface area contributed by atoms with Crippen molar-refractivity contribution in [2.24, 2.45) is 13.0 Å². The number of fused-ring (bicyclic) bond motifs is 1. The minimum absolute atomic E-state index is 0.00368. The maximum atomic E-state index is 11.1. The van der Waals surface area contributed by atoms with Crippen LogP contribution in [-0.4, -0.2) is 26.7 Å². The summed E-state index contributed by atoms with van der Waals surface area (Å²) in [5, 5.41) is 9.68. The predicted octanol–water partition coefficient (Wildman–Crippen LogP) is 5.15. The molecule has 1 fully saturated rings. The Morgan fingerprint density at radius 3 is 2.69 bits per heavy atom. The van der Waals surface area contributed by atoms with Gasteiger partial charge < -0.3 is 14.4 Å². The summed E-state index contributed by atoms with van der Waals surface area (Å²) in [5.74, 6) is 0.607. The fourth-order valence-corrected chi connectivity index (χ4v) is 4.36. The van der Waals surface area contributed by atoms with Crippen molar-refractivity contribution in [1.82, 2.24) is 9.55 Å². The summed E-state index contributed by atoms with van der Waals surface area (Å²) in [6.45, 7) is 2.09. The molecule has 0 unspecified atom stereocenters. The second-order valence-electron chi connectivity index (χ2n) is 7.93. The number of rotatable bonds is 5. The Morgan fingerprint density at radius 2 is 2.00 bits per heavy atom. The summed E-state index contributed by atoms with van der Waals surface area (Å²) in [5.41, 5.74) is 4.16. The number of carboxylic acids is 1. The minimum Gasteiger partial charge on any atom is -0.489 e. The standard InChI is InChI=1S/C23H25ClN2O3/c1-14-4-3-5-15(12-14)13-20-25-22-18(26(20)2)10-11-19(21(22)24)29-17-8-6-16(7-9-17)23(27)28/h3-5,10-12,16-17H,6-9,13H2,1-2H3,(H,27,28). The molecule has 1 N–H and O–H groups in total. The fraction of sp³-hybridized carbons (Fsp3) is 0.391. The maximum absolute atomic E-state index is 11.1. The van der Waals surface area contributed by atoms with Gasteiger partial charge in [0.05, 0.1) is 17.5 Å². The lowest BCUT2D eigenvalue weighted by Gasteiger charge is -2.27.